The van der Waals surface area contributed by atoms with Crippen LogP contribution in [-0.4, -0.2) is 18.5 Å². The summed E-state index contributed by atoms with van der Waals surface area (Å²) < 4.78 is 23.6. The molecule has 0 aromatic heterocycles. The van der Waals surface area contributed by atoms with Crippen LogP contribution in [0.2, 0.25) is 0 Å². The van der Waals surface area contributed by atoms with Gasteiger partial charge in [0, 0.05) is 0 Å². The Bertz CT molecular complexity index is 88.4. The minimum atomic E-state index is -2.21. The summed E-state index contributed by atoms with van der Waals surface area (Å²) in [6, 6.07) is 0. The second-order valence-electron chi connectivity index (χ2n) is 2.39. The minimum absolute atomic E-state index is 0.602. The van der Waals surface area contributed by atoms with Gasteiger partial charge >= 0.3 is 0 Å². The lowest BCUT2D eigenvalue weighted by molar-refractivity contribution is 0.00143. The fourth-order valence-corrected chi connectivity index (χ4v) is 0.706. The molecule has 0 aromatic rings. The SMILES string of the molecule is CC1(C(F)F)CCN1. The third-order valence-corrected chi connectivity index (χ3v) is 1.65. The average Bonchev–Trinajstić information content (AvgIpc) is 1.60. The predicted molar refractivity (Wildman–Crippen MR) is 27.0 cm³/mol. The zero-order valence-corrected chi connectivity index (χ0v) is 4.75. The molecule has 0 aromatic carbocycles. The summed E-state index contributed by atoms with van der Waals surface area (Å²) in [4.78, 5) is 0. The molecule has 1 heterocycles. The number of alkyl halides is 2. The third kappa shape index (κ3) is 0.708. The van der Waals surface area contributed by atoms with Gasteiger partial charge in [0.25, 0.3) is 6.43 Å². The summed E-state index contributed by atoms with van der Waals surface area (Å²) in [5.41, 5.74) is -0.861. The highest BCUT2D eigenvalue weighted by molar-refractivity contribution is 4.94. The monoisotopic (exact) mass is 121 g/mol. The summed E-state index contributed by atoms with van der Waals surface area (Å²) in [6.07, 6.45) is -1.61. The van der Waals surface area contributed by atoms with E-state index < -0.39 is 12.0 Å². The number of halogens is 2. The van der Waals surface area contributed by atoms with E-state index in [-0.39, 0.29) is 0 Å². The molecule has 1 nitrogen and oxygen atoms in total. The van der Waals surface area contributed by atoms with Gasteiger partial charge in [0.2, 0.25) is 0 Å². The van der Waals surface area contributed by atoms with Crippen LogP contribution in [0.25, 0.3) is 0 Å². The van der Waals surface area contributed by atoms with E-state index in [9.17, 15) is 8.78 Å². The van der Waals surface area contributed by atoms with E-state index in [2.05, 4.69) is 5.32 Å². The van der Waals surface area contributed by atoms with Gasteiger partial charge in [-0.1, -0.05) is 0 Å². The normalized spacial score (nSPS) is 37.5. The highest BCUT2D eigenvalue weighted by Crippen LogP contribution is 2.24. The van der Waals surface area contributed by atoms with Gasteiger partial charge in [0.1, 0.15) is 0 Å². The van der Waals surface area contributed by atoms with Gasteiger partial charge in [0.15, 0.2) is 0 Å². The van der Waals surface area contributed by atoms with Crippen molar-refractivity contribution in [3.8, 4) is 0 Å². The first kappa shape index (κ1) is 5.95. The highest BCUT2D eigenvalue weighted by Gasteiger charge is 2.39. The molecule has 0 saturated carbocycles. The number of hydrogen-bond donors (Lipinski definition) is 1. The largest absolute Gasteiger partial charge is 0.306 e. The maximum absolute atomic E-state index is 11.8. The lowest BCUT2D eigenvalue weighted by Crippen LogP contribution is -2.59. The Morgan fingerprint density at radius 1 is 1.62 bits per heavy atom. The Balaban J connectivity index is 2.41. The van der Waals surface area contributed by atoms with Crippen molar-refractivity contribution in [2.75, 3.05) is 6.54 Å². The van der Waals surface area contributed by atoms with Crippen molar-refractivity contribution < 1.29 is 8.78 Å². The van der Waals surface area contributed by atoms with Crippen molar-refractivity contribution in [3.63, 3.8) is 0 Å². The topological polar surface area (TPSA) is 12.0 Å². The lowest BCUT2D eigenvalue weighted by atomic mass is 9.91. The average molecular weight is 121 g/mol. The zero-order chi connectivity index (χ0) is 6.20. The molecule has 1 aliphatic heterocycles. The van der Waals surface area contributed by atoms with Crippen molar-refractivity contribution in [1.29, 1.82) is 0 Å². The summed E-state index contributed by atoms with van der Waals surface area (Å²) >= 11 is 0. The molecule has 1 rings (SSSR count). The van der Waals surface area contributed by atoms with Crippen LogP contribution >= 0.6 is 0 Å². The van der Waals surface area contributed by atoms with Gasteiger partial charge in [-0.15, -0.1) is 0 Å². The maximum atomic E-state index is 11.8. The van der Waals surface area contributed by atoms with Crippen LogP contribution in [-0.2, 0) is 0 Å². The molecule has 1 atom stereocenters. The molecule has 1 aliphatic rings. The summed E-state index contributed by atoms with van der Waals surface area (Å²) in [5, 5.41) is 2.67. The Labute approximate surface area is 47.1 Å². The van der Waals surface area contributed by atoms with Crippen LogP contribution < -0.4 is 5.32 Å². The molecule has 0 aliphatic carbocycles. The molecule has 48 valence electrons. The number of rotatable bonds is 1. The van der Waals surface area contributed by atoms with Crippen LogP contribution in [0.3, 0.4) is 0 Å². The molecule has 0 bridgehead atoms. The molecular weight excluding hydrogens is 112 g/mol. The van der Waals surface area contributed by atoms with Crippen LogP contribution in [0.5, 0.6) is 0 Å². The van der Waals surface area contributed by atoms with Gasteiger partial charge in [-0.05, 0) is 19.9 Å². The fourth-order valence-electron chi connectivity index (χ4n) is 0.706. The lowest BCUT2D eigenvalue weighted by Gasteiger charge is -2.38. The molecule has 1 saturated heterocycles. The van der Waals surface area contributed by atoms with Crippen molar-refractivity contribution in [1.82, 2.24) is 5.32 Å². The molecule has 1 unspecified atom stereocenters. The summed E-state index contributed by atoms with van der Waals surface area (Å²) in [6.45, 7) is 2.28. The van der Waals surface area contributed by atoms with Gasteiger partial charge in [-0.2, -0.15) is 0 Å². The van der Waals surface area contributed by atoms with Crippen LogP contribution in [0, 0.1) is 0 Å². The first-order valence-electron chi connectivity index (χ1n) is 2.68. The van der Waals surface area contributed by atoms with Gasteiger partial charge in [0.05, 0.1) is 5.54 Å². The molecule has 0 amide bonds. The maximum Gasteiger partial charge on any atom is 0.256 e. The van der Waals surface area contributed by atoms with E-state index in [0.29, 0.717) is 6.42 Å². The molecule has 1 fully saturated rings. The van der Waals surface area contributed by atoms with Crippen molar-refractivity contribution in [3.05, 3.63) is 0 Å². The van der Waals surface area contributed by atoms with E-state index in [1.165, 1.54) is 0 Å². The second-order valence-corrected chi connectivity index (χ2v) is 2.39. The predicted octanol–water partition coefficient (Wildman–Crippen LogP) is 1.00. The molecular formula is C5H9F2N. The van der Waals surface area contributed by atoms with Gasteiger partial charge in [-0.25, -0.2) is 8.78 Å². The zero-order valence-electron chi connectivity index (χ0n) is 4.75. The molecule has 1 N–H and O–H groups in total. The van der Waals surface area contributed by atoms with Gasteiger partial charge < -0.3 is 5.32 Å². The molecule has 0 spiro atoms. The fraction of sp³-hybridized carbons (Fsp3) is 1.00. The molecule has 8 heavy (non-hydrogen) atoms. The number of hydrogen-bond acceptors (Lipinski definition) is 1. The van der Waals surface area contributed by atoms with Crippen LogP contribution in [0.4, 0.5) is 8.78 Å². The number of nitrogens with one attached hydrogen (secondary N) is 1. The quantitative estimate of drug-likeness (QED) is 0.545. The van der Waals surface area contributed by atoms with Crippen LogP contribution in [0.1, 0.15) is 13.3 Å². The third-order valence-electron chi connectivity index (χ3n) is 1.65. The highest BCUT2D eigenvalue weighted by atomic mass is 19.3. The van der Waals surface area contributed by atoms with Crippen molar-refractivity contribution >= 4 is 0 Å². The van der Waals surface area contributed by atoms with E-state index in [4.69, 9.17) is 0 Å². The summed E-state index contributed by atoms with van der Waals surface area (Å²) in [5.74, 6) is 0. The minimum Gasteiger partial charge on any atom is -0.306 e. The van der Waals surface area contributed by atoms with E-state index in [1.807, 2.05) is 0 Å². The second kappa shape index (κ2) is 1.65. The smallest absolute Gasteiger partial charge is 0.256 e. The molecule has 0 radical (unpaired) electrons. The van der Waals surface area contributed by atoms with Gasteiger partial charge in [-0.3, -0.25) is 0 Å². The Morgan fingerprint density at radius 3 is 2.12 bits per heavy atom. The Hall–Kier alpha value is -0.180. The first-order valence-corrected chi connectivity index (χ1v) is 2.68. The van der Waals surface area contributed by atoms with E-state index >= 15 is 0 Å². The summed E-state index contributed by atoms with van der Waals surface area (Å²) in [7, 11) is 0. The van der Waals surface area contributed by atoms with E-state index in [1.54, 1.807) is 6.92 Å². The van der Waals surface area contributed by atoms with Crippen molar-refractivity contribution in [2.24, 2.45) is 0 Å². The van der Waals surface area contributed by atoms with Crippen LogP contribution in [0.15, 0.2) is 0 Å². The molecule has 3 heteroatoms. The Morgan fingerprint density at radius 2 is 2.12 bits per heavy atom. The van der Waals surface area contributed by atoms with E-state index in [0.717, 1.165) is 6.54 Å². The van der Waals surface area contributed by atoms with Crippen molar-refractivity contribution in [2.45, 2.75) is 25.3 Å². The first-order chi connectivity index (χ1) is 3.65. The standard InChI is InChI=1S/C5H9F2N/c1-5(4(6)7)2-3-8-5/h4,8H,2-3H2,1H3. The Kier molecular flexibility index (Phi) is 1.23.